The number of nitrogens with zero attached hydrogens (tertiary/aromatic N) is 3. The number of aliphatic imine (C=N–C) groups is 1. The monoisotopic (exact) mass is 549 g/mol. The molecule has 2 heterocycles. The van der Waals surface area contributed by atoms with E-state index in [1.54, 1.807) is 0 Å². The van der Waals surface area contributed by atoms with Crippen molar-refractivity contribution in [2.45, 2.75) is 32.0 Å². The molecule has 2 aliphatic rings. The first-order chi connectivity index (χ1) is 15.2. The first-order valence-electron chi connectivity index (χ1n) is 11.1. The fourth-order valence-corrected chi connectivity index (χ4v) is 4.21. The van der Waals surface area contributed by atoms with Crippen molar-refractivity contribution in [3.05, 3.63) is 77.6 Å². The Hall–Kier alpha value is -2.13. The summed E-state index contributed by atoms with van der Waals surface area (Å²) in [6.45, 7) is 5.65. The molecule has 7 heteroatoms. The minimum absolute atomic E-state index is 0. The summed E-state index contributed by atoms with van der Waals surface area (Å²) in [6.07, 6.45) is 6.56. The molecule has 0 atom stereocenters. The molecule has 4 rings (SSSR count). The van der Waals surface area contributed by atoms with Crippen LogP contribution in [0.25, 0.3) is 0 Å². The van der Waals surface area contributed by atoms with E-state index in [0.29, 0.717) is 6.04 Å². The molecule has 1 fully saturated rings. The van der Waals surface area contributed by atoms with Gasteiger partial charge < -0.3 is 15.5 Å². The van der Waals surface area contributed by atoms with Crippen LogP contribution in [-0.4, -0.2) is 50.1 Å². The molecule has 2 aromatic carbocycles. The Morgan fingerprint density at radius 3 is 2.44 bits per heavy atom. The van der Waals surface area contributed by atoms with Gasteiger partial charge in [-0.05, 0) is 48.2 Å². The molecule has 0 bridgehead atoms. The maximum Gasteiger partial charge on any atom is 0.191 e. The number of benzene rings is 2. The number of rotatable bonds is 6. The van der Waals surface area contributed by atoms with Crippen molar-refractivity contribution in [2.24, 2.45) is 4.99 Å². The summed E-state index contributed by atoms with van der Waals surface area (Å²) in [4.78, 5) is 9.21. The largest absolute Gasteiger partial charge is 0.364 e. The molecule has 0 amide bonds. The fourth-order valence-electron chi connectivity index (χ4n) is 4.21. The Morgan fingerprint density at radius 1 is 1.03 bits per heavy atom. The minimum Gasteiger partial charge on any atom is -0.364 e. The highest BCUT2D eigenvalue weighted by atomic mass is 127. The van der Waals surface area contributed by atoms with Gasteiger partial charge in [0.05, 0.1) is 0 Å². The minimum atomic E-state index is -0.176. The van der Waals surface area contributed by atoms with E-state index in [9.17, 15) is 4.39 Å². The first-order valence-corrected chi connectivity index (χ1v) is 11.1. The maximum absolute atomic E-state index is 13.1. The zero-order valence-corrected chi connectivity index (χ0v) is 21.0. The number of anilines is 1. The zero-order chi connectivity index (χ0) is 21.5. The summed E-state index contributed by atoms with van der Waals surface area (Å²) in [7, 11) is 1.82. The van der Waals surface area contributed by atoms with E-state index >= 15 is 0 Å². The van der Waals surface area contributed by atoms with E-state index in [1.165, 1.54) is 23.4 Å². The maximum atomic E-state index is 13.1. The highest BCUT2D eigenvalue weighted by Gasteiger charge is 2.20. The van der Waals surface area contributed by atoms with E-state index in [1.807, 2.05) is 19.2 Å². The van der Waals surface area contributed by atoms with Crippen LogP contribution in [-0.2, 0) is 13.1 Å². The van der Waals surface area contributed by atoms with Gasteiger partial charge in [-0.3, -0.25) is 9.89 Å². The predicted molar refractivity (Wildman–Crippen MR) is 141 cm³/mol. The van der Waals surface area contributed by atoms with Gasteiger partial charge >= 0.3 is 0 Å². The lowest BCUT2D eigenvalue weighted by Gasteiger charge is -2.33. The summed E-state index contributed by atoms with van der Waals surface area (Å²) >= 11 is 0. The smallest absolute Gasteiger partial charge is 0.191 e. The second kappa shape index (κ2) is 12.2. The van der Waals surface area contributed by atoms with Crippen LogP contribution in [0.5, 0.6) is 0 Å². The normalized spacial score (nSPS) is 17.3. The van der Waals surface area contributed by atoms with E-state index in [-0.39, 0.29) is 29.8 Å². The van der Waals surface area contributed by atoms with Crippen LogP contribution in [0.15, 0.2) is 65.7 Å². The molecule has 32 heavy (non-hydrogen) atoms. The van der Waals surface area contributed by atoms with E-state index in [4.69, 9.17) is 0 Å². The van der Waals surface area contributed by atoms with Crippen molar-refractivity contribution in [3.63, 3.8) is 0 Å². The third-order valence-corrected chi connectivity index (χ3v) is 6.03. The molecular formula is C25H33FIN5. The van der Waals surface area contributed by atoms with Crippen LogP contribution in [0, 0.1) is 5.82 Å². The molecule has 0 unspecified atom stereocenters. The number of halogens is 2. The Bertz CT molecular complexity index is 899. The lowest BCUT2D eigenvalue weighted by molar-refractivity contribution is 0.198. The molecular weight excluding hydrogens is 516 g/mol. The molecule has 2 N–H and O–H groups in total. The number of hydrogen-bond donors (Lipinski definition) is 2. The molecule has 1 saturated heterocycles. The van der Waals surface area contributed by atoms with Crippen molar-refractivity contribution in [1.29, 1.82) is 0 Å². The highest BCUT2D eigenvalue weighted by Crippen LogP contribution is 2.18. The van der Waals surface area contributed by atoms with Gasteiger partial charge in [0.1, 0.15) is 5.82 Å². The van der Waals surface area contributed by atoms with Crippen LogP contribution < -0.4 is 15.5 Å². The number of piperidine rings is 1. The van der Waals surface area contributed by atoms with Gasteiger partial charge in [0, 0.05) is 58.0 Å². The van der Waals surface area contributed by atoms with Gasteiger partial charge in [-0.2, -0.15) is 0 Å². The molecule has 0 radical (unpaired) electrons. The van der Waals surface area contributed by atoms with Gasteiger partial charge in [0.15, 0.2) is 5.96 Å². The summed E-state index contributed by atoms with van der Waals surface area (Å²) in [5.74, 6) is 0.676. The Labute approximate surface area is 207 Å². The van der Waals surface area contributed by atoms with Gasteiger partial charge in [0.2, 0.25) is 0 Å². The van der Waals surface area contributed by atoms with Gasteiger partial charge in [-0.25, -0.2) is 4.39 Å². The number of nitrogens with one attached hydrogen (secondary N) is 2. The standard InChI is InChI=1S/C25H32FN5.HI/c1-27-25(28-18-21-5-4-6-24(17-21)31-13-2-3-14-31)29-23-11-15-30(16-12-23)19-20-7-9-22(26)10-8-20;/h2-10,17,23H,11-16,18-19H2,1H3,(H2,27,28,29);1H. The van der Waals surface area contributed by atoms with Crippen LogP contribution in [0.2, 0.25) is 0 Å². The summed E-state index contributed by atoms with van der Waals surface area (Å²) in [6, 6.07) is 15.9. The number of likely N-dealkylation sites (tertiary alicyclic amines) is 1. The quantitative estimate of drug-likeness (QED) is 0.246. The molecule has 0 saturated carbocycles. The molecule has 172 valence electrons. The Kier molecular flexibility index (Phi) is 9.35. The molecule has 5 nitrogen and oxygen atoms in total. The average molecular weight is 549 g/mol. The van der Waals surface area contributed by atoms with Crippen LogP contribution in [0.1, 0.15) is 24.0 Å². The van der Waals surface area contributed by atoms with Crippen molar-refractivity contribution in [3.8, 4) is 0 Å². The average Bonchev–Trinajstić information content (AvgIpc) is 3.35. The Balaban J connectivity index is 0.00000289. The van der Waals surface area contributed by atoms with E-state index in [2.05, 4.69) is 61.8 Å². The van der Waals surface area contributed by atoms with Crippen molar-refractivity contribution in [1.82, 2.24) is 15.5 Å². The number of hydrogen-bond acceptors (Lipinski definition) is 3. The topological polar surface area (TPSA) is 42.9 Å². The molecule has 2 aromatic rings. The molecule has 0 aromatic heterocycles. The SMILES string of the molecule is CN=C(NCc1cccc(N2CC=CC2)c1)NC1CCN(Cc2ccc(F)cc2)CC1.I. The van der Waals surface area contributed by atoms with Crippen molar-refractivity contribution < 1.29 is 4.39 Å². The second-order valence-corrected chi connectivity index (χ2v) is 8.29. The molecule has 0 spiro atoms. The zero-order valence-electron chi connectivity index (χ0n) is 18.6. The Morgan fingerprint density at radius 2 is 1.75 bits per heavy atom. The van der Waals surface area contributed by atoms with Crippen LogP contribution in [0.4, 0.5) is 10.1 Å². The summed E-state index contributed by atoms with van der Waals surface area (Å²) in [5, 5.41) is 7.04. The predicted octanol–water partition coefficient (Wildman–Crippen LogP) is 4.15. The van der Waals surface area contributed by atoms with Crippen molar-refractivity contribution >= 4 is 35.6 Å². The van der Waals surface area contributed by atoms with Gasteiger partial charge in [0.25, 0.3) is 0 Å². The number of guanidine groups is 1. The summed E-state index contributed by atoms with van der Waals surface area (Å²) in [5.41, 5.74) is 3.68. The third-order valence-electron chi connectivity index (χ3n) is 6.03. The van der Waals surface area contributed by atoms with E-state index in [0.717, 1.165) is 63.6 Å². The van der Waals surface area contributed by atoms with Crippen LogP contribution >= 0.6 is 24.0 Å². The lowest BCUT2D eigenvalue weighted by Crippen LogP contribution is -2.48. The fraction of sp³-hybridized carbons (Fsp3) is 0.400. The lowest BCUT2D eigenvalue weighted by atomic mass is 10.0. The molecule has 2 aliphatic heterocycles. The van der Waals surface area contributed by atoms with Gasteiger partial charge in [-0.15, -0.1) is 24.0 Å². The second-order valence-electron chi connectivity index (χ2n) is 8.29. The van der Waals surface area contributed by atoms with Gasteiger partial charge in [-0.1, -0.05) is 36.4 Å². The first kappa shape index (κ1) is 24.5. The third kappa shape index (κ3) is 6.93. The van der Waals surface area contributed by atoms with Crippen LogP contribution in [0.3, 0.4) is 0 Å². The summed E-state index contributed by atoms with van der Waals surface area (Å²) < 4.78 is 13.1. The van der Waals surface area contributed by atoms with E-state index < -0.39 is 0 Å². The van der Waals surface area contributed by atoms with Crippen molar-refractivity contribution in [2.75, 3.05) is 38.1 Å². The molecule has 0 aliphatic carbocycles. The highest BCUT2D eigenvalue weighted by molar-refractivity contribution is 14.0.